The molecule has 0 amide bonds. The second-order valence-electron chi connectivity index (χ2n) is 4.58. The predicted octanol–water partition coefficient (Wildman–Crippen LogP) is 1.85. The molecule has 100 valence electrons. The van der Waals surface area contributed by atoms with E-state index in [0.29, 0.717) is 16.7 Å². The Morgan fingerprint density at radius 1 is 1.26 bits per heavy atom. The summed E-state index contributed by atoms with van der Waals surface area (Å²) in [4.78, 5) is 4.31. The van der Waals surface area contributed by atoms with Gasteiger partial charge in [0.15, 0.2) is 5.11 Å². The highest BCUT2D eigenvalue weighted by atomic mass is 32.1. The van der Waals surface area contributed by atoms with Gasteiger partial charge in [0.1, 0.15) is 0 Å². The number of hydrogen-bond donors (Lipinski definition) is 3. The Morgan fingerprint density at radius 3 is 2.47 bits per heavy atom. The van der Waals surface area contributed by atoms with Gasteiger partial charge in [0.05, 0.1) is 5.69 Å². The highest BCUT2D eigenvalue weighted by Gasteiger charge is 2.10. The SMILES string of the molecule is CC(C)NC(=S)n1cc(-c2ccc(N)cc2)nc1N. The van der Waals surface area contributed by atoms with Crippen molar-refractivity contribution in [3.63, 3.8) is 0 Å². The van der Waals surface area contributed by atoms with E-state index in [4.69, 9.17) is 23.7 Å². The number of thiocarbonyl (C=S) groups is 1. The number of imidazole rings is 1. The molecule has 0 unspecified atom stereocenters. The molecule has 2 aromatic rings. The molecule has 1 aromatic carbocycles. The van der Waals surface area contributed by atoms with Crippen LogP contribution in [0.15, 0.2) is 30.5 Å². The Morgan fingerprint density at radius 2 is 1.89 bits per heavy atom. The number of aromatic nitrogens is 2. The van der Waals surface area contributed by atoms with Crippen molar-refractivity contribution in [1.29, 1.82) is 0 Å². The number of hydrogen-bond acceptors (Lipinski definition) is 4. The highest BCUT2D eigenvalue weighted by molar-refractivity contribution is 7.80. The molecule has 6 heteroatoms. The van der Waals surface area contributed by atoms with Gasteiger partial charge < -0.3 is 16.8 Å². The van der Waals surface area contributed by atoms with Crippen LogP contribution in [0.4, 0.5) is 11.6 Å². The zero-order chi connectivity index (χ0) is 14.0. The van der Waals surface area contributed by atoms with Gasteiger partial charge >= 0.3 is 0 Å². The maximum Gasteiger partial charge on any atom is 0.207 e. The van der Waals surface area contributed by atoms with Gasteiger partial charge in [0.25, 0.3) is 0 Å². The quantitative estimate of drug-likeness (QED) is 0.575. The van der Waals surface area contributed by atoms with E-state index < -0.39 is 0 Å². The molecule has 0 aliphatic carbocycles. The van der Waals surface area contributed by atoms with Crippen molar-refractivity contribution in [2.24, 2.45) is 0 Å². The standard InChI is InChI=1S/C13H17N5S/c1-8(2)16-13(19)18-7-11(17-12(18)15)9-3-5-10(14)6-4-9/h3-8H,14H2,1-2H3,(H2,15,17)(H,16,19). The topological polar surface area (TPSA) is 81.9 Å². The molecule has 0 bridgehead atoms. The third kappa shape index (κ3) is 3.03. The summed E-state index contributed by atoms with van der Waals surface area (Å²) in [6.45, 7) is 4.03. The molecule has 2 rings (SSSR count). The maximum absolute atomic E-state index is 5.88. The summed E-state index contributed by atoms with van der Waals surface area (Å²) in [6.07, 6.45) is 1.82. The molecular weight excluding hydrogens is 258 g/mol. The van der Waals surface area contributed by atoms with Crippen molar-refractivity contribution >= 4 is 29.0 Å². The molecule has 19 heavy (non-hydrogen) atoms. The smallest absolute Gasteiger partial charge is 0.207 e. The Balaban J connectivity index is 2.30. The third-order valence-electron chi connectivity index (χ3n) is 2.57. The van der Waals surface area contributed by atoms with Crippen molar-refractivity contribution in [2.75, 3.05) is 11.5 Å². The van der Waals surface area contributed by atoms with Crippen LogP contribution in [0, 0.1) is 0 Å². The van der Waals surface area contributed by atoms with Crippen LogP contribution in [0.25, 0.3) is 11.3 Å². The molecule has 0 saturated carbocycles. The van der Waals surface area contributed by atoms with Gasteiger partial charge in [-0.1, -0.05) is 12.1 Å². The van der Waals surface area contributed by atoms with Gasteiger partial charge in [-0.15, -0.1) is 0 Å². The summed E-state index contributed by atoms with van der Waals surface area (Å²) in [6, 6.07) is 7.71. The van der Waals surface area contributed by atoms with Crippen LogP contribution in [0.2, 0.25) is 0 Å². The second-order valence-corrected chi connectivity index (χ2v) is 4.97. The first-order chi connectivity index (χ1) is 8.97. The summed E-state index contributed by atoms with van der Waals surface area (Å²) < 4.78 is 1.67. The fourth-order valence-electron chi connectivity index (χ4n) is 1.67. The van der Waals surface area contributed by atoms with E-state index in [-0.39, 0.29) is 6.04 Å². The van der Waals surface area contributed by atoms with Gasteiger partial charge in [-0.25, -0.2) is 4.98 Å². The molecule has 5 nitrogen and oxygen atoms in total. The zero-order valence-corrected chi connectivity index (χ0v) is 11.7. The van der Waals surface area contributed by atoms with Crippen molar-refractivity contribution in [1.82, 2.24) is 14.9 Å². The second kappa shape index (κ2) is 5.27. The first kappa shape index (κ1) is 13.4. The van der Waals surface area contributed by atoms with Crippen LogP contribution in [0.1, 0.15) is 13.8 Å². The minimum atomic E-state index is 0.245. The van der Waals surface area contributed by atoms with Crippen molar-refractivity contribution in [3.8, 4) is 11.3 Å². The van der Waals surface area contributed by atoms with Crippen molar-refractivity contribution < 1.29 is 0 Å². The summed E-state index contributed by atoms with van der Waals surface area (Å²) in [5.74, 6) is 0.366. The average Bonchev–Trinajstić information content (AvgIpc) is 2.71. The normalized spacial score (nSPS) is 10.7. The van der Waals surface area contributed by atoms with Gasteiger partial charge in [-0.3, -0.25) is 4.57 Å². The minimum absolute atomic E-state index is 0.245. The predicted molar refractivity (Wildman–Crippen MR) is 82.8 cm³/mol. The van der Waals surface area contributed by atoms with E-state index in [1.54, 1.807) is 4.57 Å². The van der Waals surface area contributed by atoms with E-state index in [9.17, 15) is 0 Å². The van der Waals surface area contributed by atoms with Gasteiger partial charge in [0, 0.05) is 23.5 Å². The molecular formula is C13H17N5S. The lowest BCUT2D eigenvalue weighted by molar-refractivity contribution is 0.725. The van der Waals surface area contributed by atoms with Crippen LogP contribution >= 0.6 is 12.2 Å². The molecule has 0 atom stereocenters. The molecule has 1 heterocycles. The average molecular weight is 275 g/mol. The third-order valence-corrected chi connectivity index (χ3v) is 2.89. The van der Waals surface area contributed by atoms with E-state index in [2.05, 4.69) is 10.3 Å². The lowest BCUT2D eigenvalue weighted by atomic mass is 10.1. The molecule has 0 fully saturated rings. The van der Waals surface area contributed by atoms with Crippen LogP contribution in [0.3, 0.4) is 0 Å². The molecule has 0 saturated heterocycles. The summed E-state index contributed by atoms with van der Waals surface area (Å²) in [5, 5.41) is 3.67. The minimum Gasteiger partial charge on any atom is -0.399 e. The largest absolute Gasteiger partial charge is 0.399 e. The Hall–Kier alpha value is -2.08. The highest BCUT2D eigenvalue weighted by Crippen LogP contribution is 2.20. The van der Waals surface area contributed by atoms with Gasteiger partial charge in [-0.2, -0.15) is 0 Å². The van der Waals surface area contributed by atoms with E-state index in [1.165, 1.54) is 0 Å². The van der Waals surface area contributed by atoms with Crippen LogP contribution < -0.4 is 16.8 Å². The molecule has 0 spiro atoms. The van der Waals surface area contributed by atoms with Crippen molar-refractivity contribution in [2.45, 2.75) is 19.9 Å². The molecule has 1 aromatic heterocycles. The van der Waals surface area contributed by atoms with E-state index in [1.807, 2.05) is 44.3 Å². The summed E-state index contributed by atoms with van der Waals surface area (Å²) in [7, 11) is 0. The first-order valence-electron chi connectivity index (χ1n) is 5.99. The zero-order valence-electron chi connectivity index (χ0n) is 10.9. The van der Waals surface area contributed by atoms with Crippen LogP contribution in [0.5, 0.6) is 0 Å². The van der Waals surface area contributed by atoms with Crippen LogP contribution in [-0.4, -0.2) is 20.7 Å². The Labute approximate surface area is 117 Å². The number of nitrogens with two attached hydrogens (primary N) is 2. The number of anilines is 2. The Kier molecular flexibility index (Phi) is 3.71. The van der Waals surface area contributed by atoms with Gasteiger partial charge in [0.2, 0.25) is 5.95 Å². The maximum atomic E-state index is 5.88. The van der Waals surface area contributed by atoms with E-state index in [0.717, 1.165) is 11.3 Å². The Bertz CT molecular complexity index is 586. The monoisotopic (exact) mass is 275 g/mol. The van der Waals surface area contributed by atoms with E-state index >= 15 is 0 Å². The number of nitrogen functional groups attached to an aromatic ring is 2. The summed E-state index contributed by atoms with van der Waals surface area (Å²) in [5.41, 5.74) is 14.0. The molecule has 0 aliphatic heterocycles. The number of nitrogens with zero attached hydrogens (tertiary/aromatic N) is 2. The number of rotatable bonds is 2. The summed E-state index contributed by atoms with van der Waals surface area (Å²) >= 11 is 5.28. The molecule has 0 radical (unpaired) electrons. The number of benzene rings is 1. The fourth-order valence-corrected chi connectivity index (χ4v) is 2.05. The van der Waals surface area contributed by atoms with Crippen LogP contribution in [-0.2, 0) is 0 Å². The van der Waals surface area contributed by atoms with Crippen molar-refractivity contribution in [3.05, 3.63) is 30.5 Å². The first-order valence-corrected chi connectivity index (χ1v) is 6.40. The lowest BCUT2D eigenvalue weighted by Crippen LogP contribution is -2.34. The fraction of sp³-hybridized carbons (Fsp3) is 0.231. The molecule has 5 N–H and O–H groups in total. The van der Waals surface area contributed by atoms with Gasteiger partial charge in [-0.05, 0) is 38.2 Å². The number of nitrogens with one attached hydrogen (secondary N) is 1. The lowest BCUT2D eigenvalue weighted by Gasteiger charge is -2.12. The molecule has 0 aliphatic rings.